The molecule has 0 aliphatic heterocycles. The Morgan fingerprint density at radius 2 is 2.00 bits per heavy atom. The molecule has 2 aromatic rings. The quantitative estimate of drug-likeness (QED) is 0.519. The van der Waals surface area contributed by atoms with Crippen molar-refractivity contribution in [2.24, 2.45) is 5.73 Å². The Morgan fingerprint density at radius 3 is 2.60 bits per heavy atom. The fourth-order valence-electron chi connectivity index (χ4n) is 1.63. The number of rotatable bonds is 2. The highest BCUT2D eigenvalue weighted by Gasteiger charge is 2.13. The summed E-state index contributed by atoms with van der Waals surface area (Å²) in [5, 5.41) is 9.75. The maximum Gasteiger partial charge on any atom is 0.138 e. The summed E-state index contributed by atoms with van der Waals surface area (Å²) < 4.78 is 5.58. The summed E-state index contributed by atoms with van der Waals surface area (Å²) in [4.78, 5) is 0. The second-order valence-electron chi connectivity index (χ2n) is 3.70. The van der Waals surface area contributed by atoms with Gasteiger partial charge in [-0.1, -0.05) is 12.1 Å². The molecule has 80 valence electrons. The summed E-state index contributed by atoms with van der Waals surface area (Å²) in [6.07, 6.45) is -0.684. The topological polar surface area (TPSA) is 71.4 Å². The normalized spacial score (nSPS) is 13.3. The lowest BCUT2D eigenvalue weighted by molar-refractivity contribution is 0.119. The Balaban J connectivity index is 2.64. The third-order valence-electron chi connectivity index (χ3n) is 2.56. The molecule has 1 heterocycles. The van der Waals surface area contributed by atoms with Crippen LogP contribution < -0.4 is 11.2 Å². The van der Waals surface area contributed by atoms with Crippen LogP contribution in [0.25, 0.3) is 11.0 Å². The molecule has 0 radical (unpaired) electrons. The molecule has 4 nitrogen and oxygen atoms in total. The molecule has 0 aliphatic carbocycles. The standard InChI is InChI=1S/C11H14N2O2/c1-6-3-4-7(2)10-8(6)5-9(15-10)11(12)13-14/h3-5,11,13-14H,12H2,1-2H3. The van der Waals surface area contributed by atoms with Gasteiger partial charge in [-0.05, 0) is 31.0 Å². The van der Waals surface area contributed by atoms with E-state index in [4.69, 9.17) is 15.4 Å². The molecule has 2 rings (SSSR count). The number of aryl methyl sites for hydroxylation is 2. The maximum absolute atomic E-state index is 8.72. The highest BCUT2D eigenvalue weighted by molar-refractivity contribution is 5.84. The lowest BCUT2D eigenvalue weighted by Gasteiger charge is -2.03. The van der Waals surface area contributed by atoms with Crippen LogP contribution >= 0.6 is 0 Å². The molecule has 4 N–H and O–H groups in total. The van der Waals surface area contributed by atoms with E-state index in [0.717, 1.165) is 22.1 Å². The highest BCUT2D eigenvalue weighted by atomic mass is 16.5. The second kappa shape index (κ2) is 3.66. The first-order valence-electron chi connectivity index (χ1n) is 4.78. The van der Waals surface area contributed by atoms with Gasteiger partial charge in [0.2, 0.25) is 0 Å². The number of nitrogens with two attached hydrogens (primary N) is 1. The van der Waals surface area contributed by atoms with Crippen LogP contribution in [0.15, 0.2) is 22.6 Å². The molecule has 0 spiro atoms. The lowest BCUT2D eigenvalue weighted by atomic mass is 10.1. The van der Waals surface area contributed by atoms with Crippen LogP contribution in [0, 0.1) is 13.8 Å². The minimum absolute atomic E-state index is 0.532. The molecule has 4 heteroatoms. The van der Waals surface area contributed by atoms with Gasteiger partial charge in [-0.15, -0.1) is 0 Å². The molecule has 0 saturated heterocycles. The van der Waals surface area contributed by atoms with Crippen LogP contribution in [0.3, 0.4) is 0 Å². The van der Waals surface area contributed by atoms with Crippen LogP contribution in [0.2, 0.25) is 0 Å². The van der Waals surface area contributed by atoms with Crippen molar-refractivity contribution in [1.82, 2.24) is 5.48 Å². The van der Waals surface area contributed by atoms with Gasteiger partial charge >= 0.3 is 0 Å². The Kier molecular flexibility index (Phi) is 2.48. The van der Waals surface area contributed by atoms with Crippen LogP contribution in [-0.2, 0) is 0 Å². The molecule has 0 aliphatic rings. The molecule has 0 saturated carbocycles. The van der Waals surface area contributed by atoms with Crippen molar-refractivity contribution < 1.29 is 9.62 Å². The van der Waals surface area contributed by atoms with Crippen molar-refractivity contribution in [2.75, 3.05) is 0 Å². The van der Waals surface area contributed by atoms with Gasteiger partial charge in [0.15, 0.2) is 0 Å². The van der Waals surface area contributed by atoms with E-state index in [1.165, 1.54) is 0 Å². The average molecular weight is 206 g/mol. The third-order valence-corrected chi connectivity index (χ3v) is 2.56. The van der Waals surface area contributed by atoms with Gasteiger partial charge in [-0.25, -0.2) is 0 Å². The number of hydroxylamine groups is 1. The van der Waals surface area contributed by atoms with Gasteiger partial charge in [0, 0.05) is 5.39 Å². The molecule has 15 heavy (non-hydrogen) atoms. The highest BCUT2D eigenvalue weighted by Crippen LogP contribution is 2.27. The first kappa shape index (κ1) is 10.2. The van der Waals surface area contributed by atoms with Gasteiger partial charge in [-0.2, -0.15) is 5.48 Å². The van der Waals surface area contributed by atoms with Crippen molar-refractivity contribution in [2.45, 2.75) is 20.0 Å². The summed E-state index contributed by atoms with van der Waals surface area (Å²) in [7, 11) is 0. The summed E-state index contributed by atoms with van der Waals surface area (Å²) in [5.41, 5.74) is 10.6. The Hall–Kier alpha value is -1.36. The van der Waals surface area contributed by atoms with Gasteiger partial charge in [-0.3, -0.25) is 0 Å². The number of hydrogen-bond acceptors (Lipinski definition) is 4. The Morgan fingerprint density at radius 1 is 1.33 bits per heavy atom. The molecule has 0 bridgehead atoms. The number of benzene rings is 1. The van der Waals surface area contributed by atoms with Crippen LogP contribution in [0.1, 0.15) is 23.1 Å². The molecular formula is C11H14N2O2. The summed E-state index contributed by atoms with van der Waals surface area (Å²) in [6.45, 7) is 3.99. The largest absolute Gasteiger partial charge is 0.458 e. The average Bonchev–Trinajstić information content (AvgIpc) is 2.68. The number of nitrogens with one attached hydrogen (secondary N) is 1. The van der Waals surface area contributed by atoms with Crippen molar-refractivity contribution in [3.05, 3.63) is 35.1 Å². The fourth-order valence-corrected chi connectivity index (χ4v) is 1.63. The third kappa shape index (κ3) is 1.63. The second-order valence-corrected chi connectivity index (χ2v) is 3.70. The van der Waals surface area contributed by atoms with Crippen molar-refractivity contribution >= 4 is 11.0 Å². The van der Waals surface area contributed by atoms with E-state index in [9.17, 15) is 0 Å². The first-order chi connectivity index (χ1) is 7.13. The monoisotopic (exact) mass is 206 g/mol. The van der Waals surface area contributed by atoms with Gasteiger partial charge in [0.25, 0.3) is 0 Å². The number of hydrogen-bond donors (Lipinski definition) is 3. The molecule has 1 unspecified atom stereocenters. The van der Waals surface area contributed by atoms with Crippen molar-refractivity contribution in [1.29, 1.82) is 0 Å². The predicted octanol–water partition coefficient (Wildman–Crippen LogP) is 1.99. The van der Waals surface area contributed by atoms with Crippen molar-refractivity contribution in [3.63, 3.8) is 0 Å². The lowest BCUT2D eigenvalue weighted by Crippen LogP contribution is -2.24. The number of furan rings is 1. The molecule has 1 aromatic carbocycles. The molecule has 1 aromatic heterocycles. The minimum atomic E-state index is -0.684. The first-order valence-corrected chi connectivity index (χ1v) is 4.78. The molecule has 0 amide bonds. The Bertz CT molecular complexity index is 452. The van der Waals surface area contributed by atoms with Gasteiger partial charge in [0.1, 0.15) is 17.5 Å². The summed E-state index contributed by atoms with van der Waals surface area (Å²) >= 11 is 0. The maximum atomic E-state index is 8.72. The smallest absolute Gasteiger partial charge is 0.138 e. The van der Waals surface area contributed by atoms with E-state index in [0.29, 0.717) is 5.76 Å². The van der Waals surface area contributed by atoms with E-state index in [1.807, 2.05) is 37.5 Å². The van der Waals surface area contributed by atoms with E-state index in [1.54, 1.807) is 0 Å². The van der Waals surface area contributed by atoms with Gasteiger partial charge in [0.05, 0.1) is 0 Å². The summed E-state index contributed by atoms with van der Waals surface area (Å²) in [6, 6.07) is 5.89. The van der Waals surface area contributed by atoms with Crippen molar-refractivity contribution in [3.8, 4) is 0 Å². The molecule has 1 atom stereocenters. The van der Waals surface area contributed by atoms with Crippen LogP contribution in [0.4, 0.5) is 0 Å². The zero-order chi connectivity index (χ0) is 11.0. The fraction of sp³-hybridized carbons (Fsp3) is 0.273. The van der Waals surface area contributed by atoms with Crippen LogP contribution in [0.5, 0.6) is 0 Å². The van der Waals surface area contributed by atoms with E-state index in [2.05, 4.69) is 0 Å². The van der Waals surface area contributed by atoms with E-state index < -0.39 is 6.17 Å². The molecule has 0 fully saturated rings. The van der Waals surface area contributed by atoms with E-state index in [-0.39, 0.29) is 0 Å². The summed E-state index contributed by atoms with van der Waals surface area (Å²) in [5.74, 6) is 0.532. The predicted molar refractivity (Wildman–Crippen MR) is 57.5 cm³/mol. The Labute approximate surface area is 87.6 Å². The SMILES string of the molecule is Cc1ccc(C)c2oc(C(N)NO)cc12. The minimum Gasteiger partial charge on any atom is -0.458 e. The van der Waals surface area contributed by atoms with Gasteiger partial charge < -0.3 is 15.4 Å². The van der Waals surface area contributed by atoms with E-state index >= 15 is 0 Å². The zero-order valence-electron chi connectivity index (χ0n) is 8.74. The number of fused-ring (bicyclic) bond motifs is 1. The zero-order valence-corrected chi connectivity index (χ0v) is 8.74. The van der Waals surface area contributed by atoms with Crippen LogP contribution in [-0.4, -0.2) is 5.21 Å². The molecular weight excluding hydrogens is 192 g/mol.